The summed E-state index contributed by atoms with van der Waals surface area (Å²) in [5.41, 5.74) is 2.83. The van der Waals surface area contributed by atoms with E-state index in [-0.39, 0.29) is 51.2 Å². The number of hydrogen-bond donors (Lipinski definition) is 0. The van der Waals surface area contributed by atoms with E-state index in [1.165, 1.54) is 4.67 Å². The van der Waals surface area contributed by atoms with Crippen LogP contribution in [0.3, 0.4) is 0 Å². The molecule has 0 N–H and O–H groups in total. The SMILES string of the molecule is CC.CC.O=C1c2nc(Cl)nc(Cl)c2CN1P.PN1Cc2nc(Cl)nc(Cl)c2C1.[Na+].[O-][I+3]([O-])([O-])[O-]. The van der Waals surface area contributed by atoms with Crippen molar-refractivity contribution in [3.63, 3.8) is 0 Å². The molecule has 192 valence electrons. The molecule has 0 bridgehead atoms. The molecule has 1 amide bonds. The summed E-state index contributed by atoms with van der Waals surface area (Å²) in [6.45, 7) is 9.95. The number of amides is 1. The topological polar surface area (TPSA) is 167 Å². The van der Waals surface area contributed by atoms with Gasteiger partial charge in [-0.1, -0.05) is 60.3 Å². The van der Waals surface area contributed by atoms with Crippen LogP contribution in [-0.4, -0.2) is 35.2 Å². The van der Waals surface area contributed by atoms with Gasteiger partial charge in [-0.3, -0.25) is 23.2 Å². The third-order valence-electron chi connectivity index (χ3n) is 3.45. The zero-order chi connectivity index (χ0) is 26.8. The molecule has 4 heterocycles. The Bertz CT molecular complexity index is 977. The van der Waals surface area contributed by atoms with Crippen LogP contribution in [0.15, 0.2) is 0 Å². The van der Waals surface area contributed by atoms with E-state index in [1.54, 1.807) is 0 Å². The van der Waals surface area contributed by atoms with Gasteiger partial charge < -0.3 is 4.67 Å². The molecule has 0 aromatic carbocycles. The molecule has 2 aromatic rings. The maximum absolute atomic E-state index is 11.4. The third-order valence-corrected chi connectivity index (χ3v) is 5.20. The number of carbonyl (C=O) groups excluding carboxylic acids is 1. The van der Waals surface area contributed by atoms with E-state index in [1.807, 2.05) is 32.4 Å². The monoisotopic (exact) mass is 730 g/mol. The van der Waals surface area contributed by atoms with E-state index >= 15 is 0 Å². The summed E-state index contributed by atoms with van der Waals surface area (Å²) in [5, 5.41) is 0.930. The largest absolute Gasteiger partial charge is 1.00 e. The van der Waals surface area contributed by atoms with Gasteiger partial charge in [0.25, 0.3) is 5.91 Å². The number of aromatic nitrogens is 4. The molecule has 4 rings (SSSR count). The molecular weight excluding hydrogens is 710 g/mol. The fourth-order valence-corrected chi connectivity index (χ4v) is 3.92. The quantitative estimate of drug-likeness (QED) is 0.0840. The van der Waals surface area contributed by atoms with E-state index < -0.39 is 20.1 Å². The van der Waals surface area contributed by atoms with Crippen molar-refractivity contribution in [1.29, 1.82) is 0 Å². The van der Waals surface area contributed by atoms with Crippen molar-refractivity contribution in [3.8, 4) is 0 Å². The van der Waals surface area contributed by atoms with Gasteiger partial charge in [-0.25, -0.2) is 19.9 Å². The number of halogens is 5. The van der Waals surface area contributed by atoms with Crippen molar-refractivity contribution in [2.45, 2.75) is 47.3 Å². The van der Waals surface area contributed by atoms with E-state index in [0.717, 1.165) is 24.3 Å². The Morgan fingerprint density at radius 2 is 1.20 bits per heavy atom. The van der Waals surface area contributed by atoms with Crippen LogP contribution in [0.1, 0.15) is 55.0 Å². The van der Waals surface area contributed by atoms with Crippen molar-refractivity contribution in [2.75, 3.05) is 0 Å². The number of rotatable bonds is 0. The smallest absolute Gasteiger partial charge is 0.317 e. The second kappa shape index (κ2) is 18.5. The van der Waals surface area contributed by atoms with Crippen LogP contribution < -0.4 is 63.4 Å². The summed E-state index contributed by atoms with van der Waals surface area (Å²) in [4.78, 5) is 26.9. The van der Waals surface area contributed by atoms with E-state index in [0.29, 0.717) is 23.0 Å². The summed E-state index contributed by atoms with van der Waals surface area (Å²) in [6, 6.07) is 0. The Hall–Kier alpha value is 1.18. The van der Waals surface area contributed by atoms with Gasteiger partial charge in [-0.05, 0) is 32.6 Å². The predicted octanol–water partition coefficient (Wildman–Crippen LogP) is -5.28. The Kier molecular flexibility index (Phi) is 20.2. The molecule has 2 atom stereocenters. The normalized spacial score (nSPS) is 13.3. The molecule has 2 unspecified atom stereocenters. The van der Waals surface area contributed by atoms with Crippen molar-refractivity contribution in [1.82, 2.24) is 29.3 Å². The second-order valence-corrected chi connectivity index (χ2v) is 10.4. The summed E-state index contributed by atoms with van der Waals surface area (Å²) >= 11 is 16.9. The predicted molar refractivity (Wildman–Crippen MR) is 125 cm³/mol. The number of fused-ring (bicyclic) bond motifs is 2. The molecule has 0 radical (unpaired) electrons. The number of carbonyl (C=O) groups is 1. The molecule has 0 saturated heterocycles. The average molecular weight is 732 g/mol. The summed E-state index contributed by atoms with van der Waals surface area (Å²) in [5.74, 6) is -0.203. The molecule has 2 aliphatic rings. The first-order chi connectivity index (χ1) is 15.8. The minimum atomic E-state index is -5.94. The molecule has 0 spiro atoms. The van der Waals surface area contributed by atoms with Crippen molar-refractivity contribution < 1.29 is 68.2 Å². The minimum absolute atomic E-state index is 0. The first-order valence-electron chi connectivity index (χ1n) is 9.37. The Balaban J connectivity index is 0. The number of nitrogens with zero attached hydrogens (tertiary/aromatic N) is 6. The van der Waals surface area contributed by atoms with Gasteiger partial charge in [-0.2, -0.15) is 0 Å². The third kappa shape index (κ3) is 13.7. The standard InChI is InChI=1S/C6H4Cl2N3OP.C6H6Cl2N3P.2C2H6.IO4.Na/c7-4-2-1-11(13)5(12)3(2)9-6(8)10-4;7-5-3-1-11(12)2-4(3)9-6(8)10-5;2*1-2;2-1(3,4)5;/h1,13H2;1-2,12H2;2*1-2H3;;/q;;;;-1;+1. The van der Waals surface area contributed by atoms with Gasteiger partial charge in [0, 0.05) is 24.2 Å². The van der Waals surface area contributed by atoms with Crippen LogP contribution in [0, 0.1) is 0 Å². The van der Waals surface area contributed by atoms with Crippen molar-refractivity contribution in [3.05, 3.63) is 43.4 Å². The molecular formula is C16H22Cl4IN6NaO5P2. The van der Waals surface area contributed by atoms with Crippen LogP contribution in [0.2, 0.25) is 20.9 Å². The van der Waals surface area contributed by atoms with Crippen LogP contribution in [0.4, 0.5) is 0 Å². The Morgan fingerprint density at radius 3 is 1.69 bits per heavy atom. The average Bonchev–Trinajstić information content (AvgIpc) is 3.24. The molecule has 19 heteroatoms. The Morgan fingerprint density at radius 1 is 0.771 bits per heavy atom. The maximum atomic E-state index is 11.4. The molecule has 0 fully saturated rings. The zero-order valence-electron chi connectivity index (χ0n) is 19.4. The maximum Gasteiger partial charge on any atom is 1.00 e. The van der Waals surface area contributed by atoms with Gasteiger partial charge in [0.2, 0.25) is 10.6 Å². The van der Waals surface area contributed by atoms with Gasteiger partial charge in [0.15, 0.2) is 0 Å². The molecule has 2 aromatic heterocycles. The molecule has 11 nitrogen and oxygen atoms in total. The number of hydrogen-bond acceptors (Lipinski definition) is 10. The minimum Gasteiger partial charge on any atom is -0.317 e. The van der Waals surface area contributed by atoms with Gasteiger partial charge >= 0.3 is 29.6 Å². The van der Waals surface area contributed by atoms with Crippen LogP contribution in [-0.2, 0) is 19.6 Å². The van der Waals surface area contributed by atoms with Gasteiger partial charge in [0.1, 0.15) is 36.1 Å². The fraction of sp³-hybridized carbons (Fsp3) is 0.438. The first-order valence-corrected chi connectivity index (χ1v) is 15.4. The first kappa shape index (κ1) is 38.3. The van der Waals surface area contributed by atoms with Gasteiger partial charge in [-0.15, -0.1) is 0 Å². The molecule has 2 aliphatic heterocycles. The van der Waals surface area contributed by atoms with Crippen molar-refractivity contribution in [2.24, 2.45) is 0 Å². The van der Waals surface area contributed by atoms with E-state index in [9.17, 15) is 4.79 Å². The van der Waals surface area contributed by atoms with Gasteiger partial charge in [0.05, 0.1) is 12.2 Å². The second-order valence-electron chi connectivity index (χ2n) is 5.54. The van der Waals surface area contributed by atoms with Crippen LogP contribution >= 0.6 is 65.2 Å². The van der Waals surface area contributed by atoms with E-state index in [4.69, 9.17) is 60.1 Å². The summed E-state index contributed by atoms with van der Waals surface area (Å²) in [7, 11) is 4.89. The van der Waals surface area contributed by atoms with Crippen molar-refractivity contribution >= 4 is 71.1 Å². The summed E-state index contributed by atoms with van der Waals surface area (Å²) < 4.78 is 37.9. The molecule has 0 aliphatic carbocycles. The van der Waals surface area contributed by atoms with E-state index in [2.05, 4.69) is 38.7 Å². The van der Waals surface area contributed by atoms with Crippen LogP contribution in [0.25, 0.3) is 0 Å². The summed E-state index contributed by atoms with van der Waals surface area (Å²) in [6.07, 6.45) is 0. The molecule has 0 saturated carbocycles. The van der Waals surface area contributed by atoms with Crippen LogP contribution in [0.5, 0.6) is 0 Å². The Labute approximate surface area is 256 Å². The zero-order valence-corrected chi connectivity index (χ0v) is 28.9. The molecule has 35 heavy (non-hydrogen) atoms. The fourth-order valence-electron chi connectivity index (χ4n) is 2.34.